The molecule has 0 unspecified atom stereocenters. The van der Waals surface area contributed by atoms with Crippen LogP contribution in [0.15, 0.2) is 67.0 Å². The summed E-state index contributed by atoms with van der Waals surface area (Å²) in [5.41, 5.74) is 3.25. The molecule has 1 aliphatic heterocycles. The lowest BCUT2D eigenvalue weighted by molar-refractivity contribution is -0.138. The summed E-state index contributed by atoms with van der Waals surface area (Å²) in [7, 11) is 1.83. The molecular weight excluding hydrogens is 326 g/mol. The number of benzene rings is 2. The summed E-state index contributed by atoms with van der Waals surface area (Å²) in [6, 6.07) is 17.9. The molecule has 0 saturated carbocycles. The van der Waals surface area contributed by atoms with Gasteiger partial charge in [-0.25, -0.2) is 4.68 Å². The second-order valence-electron chi connectivity index (χ2n) is 6.56. The number of carbonyl (C=O) groups excluding carboxylic acids is 1. The molecule has 0 aliphatic carbocycles. The number of hydrogen-bond acceptors (Lipinski definition) is 3. The molecule has 1 aromatic heterocycles. The van der Waals surface area contributed by atoms with Gasteiger partial charge in [0.25, 0.3) is 5.91 Å². The second-order valence-corrected chi connectivity index (χ2v) is 6.56. The molecule has 0 bridgehead atoms. The molecule has 26 heavy (non-hydrogen) atoms. The zero-order valence-corrected chi connectivity index (χ0v) is 14.7. The molecule has 132 valence electrons. The molecule has 0 fully saturated rings. The van der Waals surface area contributed by atoms with Crippen molar-refractivity contribution in [2.24, 2.45) is 0 Å². The van der Waals surface area contributed by atoms with Gasteiger partial charge in [-0.05, 0) is 48.2 Å². The highest BCUT2D eigenvalue weighted by atomic mass is 16.5. The Morgan fingerprint density at radius 2 is 2.00 bits per heavy atom. The summed E-state index contributed by atoms with van der Waals surface area (Å²) >= 11 is 0. The zero-order valence-electron chi connectivity index (χ0n) is 14.7. The van der Waals surface area contributed by atoms with Gasteiger partial charge >= 0.3 is 0 Å². The predicted octanol–water partition coefficient (Wildman–Crippen LogP) is 3.22. The maximum absolute atomic E-state index is 12.8. The van der Waals surface area contributed by atoms with Crippen molar-refractivity contribution in [1.82, 2.24) is 14.7 Å². The van der Waals surface area contributed by atoms with Gasteiger partial charge in [0.05, 0.1) is 5.69 Å². The number of aromatic nitrogens is 2. The number of rotatable bonds is 4. The van der Waals surface area contributed by atoms with E-state index in [0.29, 0.717) is 6.54 Å². The Hall–Kier alpha value is -3.08. The van der Waals surface area contributed by atoms with Gasteiger partial charge in [0.15, 0.2) is 6.10 Å². The summed E-state index contributed by atoms with van der Waals surface area (Å²) < 4.78 is 7.73. The normalized spacial score (nSPS) is 15.8. The highest BCUT2D eigenvalue weighted by Gasteiger charge is 2.28. The molecule has 0 N–H and O–H groups in total. The first-order valence-electron chi connectivity index (χ1n) is 8.79. The maximum atomic E-state index is 12.8. The summed E-state index contributed by atoms with van der Waals surface area (Å²) in [6.45, 7) is 0.555. The summed E-state index contributed by atoms with van der Waals surface area (Å²) in [4.78, 5) is 14.5. The van der Waals surface area contributed by atoms with Crippen LogP contribution in [0.3, 0.4) is 0 Å². The minimum atomic E-state index is -0.404. The Labute approximate surface area is 152 Å². The predicted molar refractivity (Wildman–Crippen MR) is 99.2 cm³/mol. The SMILES string of the molecule is CN(Cc1ccc(-n2cccn2)cc1)C(=O)[C@@H]1CCc2ccccc2O1. The molecule has 1 amide bonds. The molecule has 2 heterocycles. The first kappa shape index (κ1) is 16.4. The Morgan fingerprint density at radius 3 is 2.77 bits per heavy atom. The van der Waals surface area contributed by atoms with Gasteiger partial charge in [-0.2, -0.15) is 5.10 Å². The van der Waals surface area contributed by atoms with Crippen LogP contribution in [0.25, 0.3) is 5.69 Å². The topological polar surface area (TPSA) is 47.4 Å². The summed E-state index contributed by atoms with van der Waals surface area (Å²) in [5, 5.41) is 4.22. The lowest BCUT2D eigenvalue weighted by Crippen LogP contribution is -2.41. The van der Waals surface area contributed by atoms with Crippen molar-refractivity contribution in [3.05, 3.63) is 78.1 Å². The van der Waals surface area contributed by atoms with Gasteiger partial charge in [-0.3, -0.25) is 4.79 Å². The van der Waals surface area contributed by atoms with Crippen molar-refractivity contribution in [2.75, 3.05) is 7.05 Å². The van der Waals surface area contributed by atoms with Crippen molar-refractivity contribution < 1.29 is 9.53 Å². The smallest absolute Gasteiger partial charge is 0.263 e. The number of amides is 1. The van der Waals surface area contributed by atoms with E-state index in [1.807, 2.05) is 66.5 Å². The lowest BCUT2D eigenvalue weighted by atomic mass is 10.0. The minimum absolute atomic E-state index is 0.0238. The molecule has 1 atom stereocenters. The van der Waals surface area contributed by atoms with Crippen LogP contribution in [0.4, 0.5) is 0 Å². The number of fused-ring (bicyclic) bond motifs is 1. The molecule has 4 rings (SSSR count). The van der Waals surface area contributed by atoms with E-state index >= 15 is 0 Å². The third-order valence-corrected chi connectivity index (χ3v) is 4.69. The van der Waals surface area contributed by atoms with Gasteiger partial charge in [-0.15, -0.1) is 0 Å². The maximum Gasteiger partial charge on any atom is 0.263 e. The van der Waals surface area contributed by atoms with Crippen LogP contribution in [0, 0.1) is 0 Å². The quantitative estimate of drug-likeness (QED) is 0.728. The van der Waals surface area contributed by atoms with Gasteiger partial charge in [0.2, 0.25) is 0 Å². The van der Waals surface area contributed by atoms with Gasteiger partial charge in [-0.1, -0.05) is 30.3 Å². The third kappa shape index (κ3) is 3.33. The van der Waals surface area contributed by atoms with Crippen LogP contribution in [0.1, 0.15) is 17.5 Å². The first-order valence-corrected chi connectivity index (χ1v) is 8.79. The molecule has 2 aromatic carbocycles. The highest BCUT2D eigenvalue weighted by Crippen LogP contribution is 2.27. The molecule has 5 nitrogen and oxygen atoms in total. The van der Waals surface area contributed by atoms with Crippen LogP contribution in [0.5, 0.6) is 5.75 Å². The van der Waals surface area contributed by atoms with Gasteiger partial charge in [0, 0.05) is 26.0 Å². The van der Waals surface area contributed by atoms with E-state index in [1.165, 1.54) is 5.56 Å². The molecular formula is C21H21N3O2. The molecule has 0 saturated heterocycles. The van der Waals surface area contributed by atoms with E-state index in [2.05, 4.69) is 11.2 Å². The third-order valence-electron chi connectivity index (χ3n) is 4.69. The fourth-order valence-electron chi connectivity index (χ4n) is 3.27. The van der Waals surface area contributed by atoms with E-state index in [-0.39, 0.29) is 5.91 Å². The van der Waals surface area contributed by atoms with Crippen molar-refractivity contribution >= 4 is 5.91 Å². The number of likely N-dealkylation sites (N-methyl/N-ethyl adjacent to an activating group) is 1. The largest absolute Gasteiger partial charge is 0.480 e. The van der Waals surface area contributed by atoms with Crippen LogP contribution in [0.2, 0.25) is 0 Å². The van der Waals surface area contributed by atoms with Gasteiger partial charge < -0.3 is 9.64 Å². The fourth-order valence-corrected chi connectivity index (χ4v) is 3.27. The van der Waals surface area contributed by atoms with Crippen molar-refractivity contribution in [2.45, 2.75) is 25.5 Å². The van der Waals surface area contributed by atoms with E-state index in [4.69, 9.17) is 4.74 Å². The summed E-state index contributed by atoms with van der Waals surface area (Å²) in [6.07, 6.45) is 4.85. The molecule has 0 spiro atoms. The second kappa shape index (κ2) is 7.04. The number of para-hydroxylation sites is 1. The molecule has 5 heteroatoms. The number of nitrogens with zero attached hydrogens (tertiary/aromatic N) is 3. The Bertz CT molecular complexity index is 888. The number of aryl methyl sites for hydroxylation is 1. The van der Waals surface area contributed by atoms with Crippen LogP contribution >= 0.6 is 0 Å². The van der Waals surface area contributed by atoms with Crippen LogP contribution in [-0.2, 0) is 17.8 Å². The average molecular weight is 347 g/mol. The number of carbonyl (C=O) groups is 1. The van der Waals surface area contributed by atoms with Crippen molar-refractivity contribution in [3.8, 4) is 11.4 Å². The lowest BCUT2D eigenvalue weighted by Gasteiger charge is -2.28. The number of hydrogen-bond donors (Lipinski definition) is 0. The summed E-state index contributed by atoms with van der Waals surface area (Å²) in [5.74, 6) is 0.852. The van der Waals surface area contributed by atoms with Gasteiger partial charge in [0.1, 0.15) is 5.75 Å². The van der Waals surface area contributed by atoms with E-state index < -0.39 is 6.10 Å². The number of ether oxygens (including phenoxy) is 1. The molecule has 0 radical (unpaired) electrons. The zero-order chi connectivity index (χ0) is 17.9. The molecule has 3 aromatic rings. The molecule has 1 aliphatic rings. The Kier molecular flexibility index (Phi) is 4.44. The average Bonchev–Trinajstić information content (AvgIpc) is 3.22. The van der Waals surface area contributed by atoms with Crippen LogP contribution < -0.4 is 4.74 Å². The standard InChI is InChI=1S/C21H21N3O2/c1-23(15-16-7-10-18(11-8-16)24-14-4-13-22-24)21(25)20-12-9-17-5-2-3-6-19(17)26-20/h2-8,10-11,13-14,20H,9,12,15H2,1H3/t20-/m0/s1. The monoisotopic (exact) mass is 347 g/mol. The fraction of sp³-hybridized carbons (Fsp3) is 0.238. The van der Waals surface area contributed by atoms with E-state index in [1.54, 1.807) is 11.1 Å². The highest BCUT2D eigenvalue weighted by molar-refractivity contribution is 5.81. The van der Waals surface area contributed by atoms with E-state index in [9.17, 15) is 4.79 Å². The van der Waals surface area contributed by atoms with Crippen LogP contribution in [-0.4, -0.2) is 33.7 Å². The first-order chi connectivity index (χ1) is 12.7. The van der Waals surface area contributed by atoms with Crippen molar-refractivity contribution in [1.29, 1.82) is 0 Å². The minimum Gasteiger partial charge on any atom is -0.480 e. The Balaban J connectivity index is 1.40. The van der Waals surface area contributed by atoms with Crippen molar-refractivity contribution in [3.63, 3.8) is 0 Å². The Morgan fingerprint density at radius 1 is 1.19 bits per heavy atom. The van der Waals surface area contributed by atoms with E-state index in [0.717, 1.165) is 29.8 Å².